The molecule has 0 N–H and O–H groups in total. The van der Waals surface area contributed by atoms with Gasteiger partial charge in [0, 0.05) is 17.3 Å². The first-order valence-electron chi connectivity index (χ1n) is 5.72. The fourth-order valence-corrected chi connectivity index (χ4v) is 2.51. The highest BCUT2D eigenvalue weighted by Crippen LogP contribution is 2.26. The average molecular weight is 245 g/mol. The molecule has 2 nitrogen and oxygen atoms in total. The summed E-state index contributed by atoms with van der Waals surface area (Å²) in [6, 6.07) is 12.3. The zero-order chi connectivity index (χ0) is 11.8. The van der Waals surface area contributed by atoms with Gasteiger partial charge >= 0.3 is 0 Å². The Labute approximate surface area is 106 Å². The maximum atomic E-state index is 6.04. The van der Waals surface area contributed by atoms with Crippen LogP contribution < -0.4 is 0 Å². The molecule has 0 atom stereocenters. The molecule has 1 aromatic carbocycles. The maximum absolute atomic E-state index is 6.04. The monoisotopic (exact) mass is 244 g/mol. The molecule has 0 spiro atoms. The number of aliphatic imine (C=N–C) groups is 1. The number of fused-ring (bicyclic) bond motifs is 1. The average Bonchev–Trinajstić information content (AvgIpc) is 2.74. The van der Waals surface area contributed by atoms with Gasteiger partial charge in [-0.15, -0.1) is 0 Å². The summed E-state index contributed by atoms with van der Waals surface area (Å²) in [4.78, 5) is 4.47. The molecular formula is C14H13ClN2. The van der Waals surface area contributed by atoms with Gasteiger partial charge in [-0.25, -0.2) is 0 Å². The van der Waals surface area contributed by atoms with Crippen molar-refractivity contribution in [3.63, 3.8) is 0 Å². The third kappa shape index (κ3) is 1.79. The van der Waals surface area contributed by atoms with Gasteiger partial charge in [0.15, 0.2) is 0 Å². The molecule has 0 bridgehead atoms. The summed E-state index contributed by atoms with van der Waals surface area (Å²) in [7, 11) is 0. The Kier molecular flexibility index (Phi) is 2.52. The molecule has 0 unspecified atom stereocenters. The third-order valence-electron chi connectivity index (χ3n) is 3.14. The largest absolute Gasteiger partial charge is 0.338 e. The topological polar surface area (TPSA) is 17.3 Å². The first-order chi connectivity index (χ1) is 8.25. The zero-order valence-electron chi connectivity index (χ0n) is 9.65. The van der Waals surface area contributed by atoms with Gasteiger partial charge in [-0.3, -0.25) is 4.99 Å². The van der Waals surface area contributed by atoms with Crippen LogP contribution in [0.4, 0.5) is 0 Å². The number of hydrogen-bond acceptors (Lipinski definition) is 1. The fraction of sp³-hybridized carbons (Fsp3) is 0.214. The summed E-state index contributed by atoms with van der Waals surface area (Å²) in [5.74, 6) is 0. The van der Waals surface area contributed by atoms with E-state index in [1.807, 2.05) is 18.2 Å². The number of benzene rings is 1. The maximum Gasteiger partial charge on any atom is 0.0623 e. The van der Waals surface area contributed by atoms with Crippen molar-refractivity contribution in [3.05, 3.63) is 47.1 Å². The smallest absolute Gasteiger partial charge is 0.0623 e. The summed E-state index contributed by atoms with van der Waals surface area (Å²) < 4.78 is 2.31. The first-order valence-corrected chi connectivity index (χ1v) is 6.10. The zero-order valence-corrected chi connectivity index (χ0v) is 10.4. The fourth-order valence-electron chi connectivity index (χ4n) is 2.32. The summed E-state index contributed by atoms with van der Waals surface area (Å²) >= 11 is 6.04. The Morgan fingerprint density at radius 2 is 2.00 bits per heavy atom. The second-order valence-electron chi connectivity index (χ2n) is 4.23. The second-order valence-corrected chi connectivity index (χ2v) is 4.67. The number of halogens is 1. The van der Waals surface area contributed by atoms with E-state index in [1.54, 1.807) is 0 Å². The van der Waals surface area contributed by atoms with E-state index < -0.39 is 0 Å². The summed E-state index contributed by atoms with van der Waals surface area (Å²) in [6.45, 7) is 3.87. The number of aromatic nitrogens is 1. The van der Waals surface area contributed by atoms with Crippen LogP contribution in [0, 0.1) is 0 Å². The van der Waals surface area contributed by atoms with Crippen molar-refractivity contribution in [2.75, 3.05) is 6.54 Å². The lowest BCUT2D eigenvalue weighted by atomic mass is 10.1. The van der Waals surface area contributed by atoms with Crippen LogP contribution in [-0.2, 0) is 6.54 Å². The van der Waals surface area contributed by atoms with E-state index in [0.717, 1.165) is 23.8 Å². The Hall–Kier alpha value is -1.54. The lowest BCUT2D eigenvalue weighted by molar-refractivity contribution is 0.695. The van der Waals surface area contributed by atoms with Crippen LogP contribution in [0.15, 0.2) is 41.4 Å². The minimum atomic E-state index is 0.777. The predicted octanol–water partition coefficient (Wildman–Crippen LogP) is 3.63. The number of rotatable bonds is 1. The second kappa shape index (κ2) is 4.04. The highest BCUT2D eigenvalue weighted by atomic mass is 35.5. The molecule has 17 heavy (non-hydrogen) atoms. The van der Waals surface area contributed by atoms with Crippen molar-refractivity contribution in [1.29, 1.82) is 0 Å². The molecule has 3 heteroatoms. The molecule has 0 saturated heterocycles. The molecule has 2 aromatic rings. The summed E-state index contributed by atoms with van der Waals surface area (Å²) in [6.07, 6.45) is 0. The standard InChI is InChI=1S/C14H13ClN2/c1-10-13-5-6-14(17(13)8-7-16-10)11-3-2-4-12(15)9-11/h2-6,9H,7-8H2,1H3. The van der Waals surface area contributed by atoms with Crippen molar-refractivity contribution in [3.8, 4) is 11.3 Å². The van der Waals surface area contributed by atoms with Gasteiger partial charge in [0.1, 0.15) is 0 Å². The van der Waals surface area contributed by atoms with Crippen molar-refractivity contribution in [2.45, 2.75) is 13.5 Å². The van der Waals surface area contributed by atoms with Crippen LogP contribution in [0.5, 0.6) is 0 Å². The van der Waals surface area contributed by atoms with Crippen molar-refractivity contribution in [1.82, 2.24) is 4.57 Å². The lowest BCUT2D eigenvalue weighted by Gasteiger charge is -2.17. The Bertz CT molecular complexity index is 596. The molecular weight excluding hydrogens is 232 g/mol. The number of hydrogen-bond donors (Lipinski definition) is 0. The van der Waals surface area contributed by atoms with Crippen LogP contribution in [0.2, 0.25) is 5.02 Å². The Morgan fingerprint density at radius 1 is 1.18 bits per heavy atom. The van der Waals surface area contributed by atoms with Crippen LogP contribution in [0.3, 0.4) is 0 Å². The van der Waals surface area contributed by atoms with E-state index in [9.17, 15) is 0 Å². The Balaban J connectivity index is 2.14. The third-order valence-corrected chi connectivity index (χ3v) is 3.38. The van der Waals surface area contributed by atoms with Gasteiger partial charge in [-0.2, -0.15) is 0 Å². The van der Waals surface area contributed by atoms with E-state index >= 15 is 0 Å². The molecule has 0 aliphatic carbocycles. The minimum absolute atomic E-state index is 0.777. The summed E-state index contributed by atoms with van der Waals surface area (Å²) in [5, 5.41) is 0.777. The van der Waals surface area contributed by atoms with Gasteiger partial charge in [-0.05, 0) is 36.8 Å². The van der Waals surface area contributed by atoms with Crippen LogP contribution in [-0.4, -0.2) is 16.8 Å². The van der Waals surface area contributed by atoms with E-state index in [0.29, 0.717) is 0 Å². The van der Waals surface area contributed by atoms with Gasteiger partial charge in [0.25, 0.3) is 0 Å². The van der Waals surface area contributed by atoms with Gasteiger partial charge in [0.2, 0.25) is 0 Å². The molecule has 3 rings (SSSR count). The van der Waals surface area contributed by atoms with E-state index in [1.165, 1.54) is 17.0 Å². The summed E-state index contributed by atoms with van der Waals surface area (Å²) in [5.41, 5.74) is 4.71. The molecule has 1 aromatic heterocycles. The molecule has 0 fully saturated rings. The van der Waals surface area contributed by atoms with E-state index in [-0.39, 0.29) is 0 Å². The molecule has 2 heterocycles. The van der Waals surface area contributed by atoms with E-state index in [4.69, 9.17) is 11.6 Å². The van der Waals surface area contributed by atoms with Gasteiger partial charge in [-0.1, -0.05) is 23.7 Å². The molecule has 86 valence electrons. The van der Waals surface area contributed by atoms with Crippen LogP contribution in [0.25, 0.3) is 11.3 Å². The SMILES string of the molecule is CC1=NCCn2c1ccc2-c1cccc(Cl)c1. The molecule has 0 radical (unpaired) electrons. The van der Waals surface area contributed by atoms with Crippen molar-refractivity contribution >= 4 is 17.3 Å². The molecule has 0 saturated carbocycles. The van der Waals surface area contributed by atoms with Gasteiger partial charge in [0.05, 0.1) is 18.0 Å². The minimum Gasteiger partial charge on any atom is -0.338 e. The van der Waals surface area contributed by atoms with Gasteiger partial charge < -0.3 is 4.57 Å². The van der Waals surface area contributed by atoms with Crippen molar-refractivity contribution < 1.29 is 0 Å². The van der Waals surface area contributed by atoms with Crippen molar-refractivity contribution in [2.24, 2.45) is 4.99 Å². The highest BCUT2D eigenvalue weighted by Gasteiger charge is 2.14. The molecule has 1 aliphatic heterocycles. The van der Waals surface area contributed by atoms with Crippen LogP contribution in [0.1, 0.15) is 12.6 Å². The molecule has 1 aliphatic rings. The van der Waals surface area contributed by atoms with Crippen LogP contribution >= 0.6 is 11.6 Å². The Morgan fingerprint density at radius 3 is 2.82 bits per heavy atom. The normalized spacial score (nSPS) is 14.4. The molecule has 0 amide bonds. The number of nitrogens with zero attached hydrogens (tertiary/aromatic N) is 2. The predicted molar refractivity (Wildman–Crippen MR) is 72.0 cm³/mol. The highest BCUT2D eigenvalue weighted by molar-refractivity contribution is 6.30. The quantitative estimate of drug-likeness (QED) is 0.729. The van der Waals surface area contributed by atoms with E-state index in [2.05, 4.69) is 34.7 Å². The lowest BCUT2D eigenvalue weighted by Crippen LogP contribution is -2.16. The first kappa shape index (κ1) is 10.6.